The lowest BCUT2D eigenvalue weighted by molar-refractivity contribution is 1.20. The van der Waals surface area contributed by atoms with Crippen LogP contribution in [0.3, 0.4) is 0 Å². The fourth-order valence-corrected chi connectivity index (χ4v) is 8.11. The highest BCUT2D eigenvalue weighted by atomic mass is 79.9. The molecule has 0 saturated heterocycles. The van der Waals surface area contributed by atoms with Crippen LogP contribution in [0.1, 0.15) is 11.1 Å². The fourth-order valence-electron chi connectivity index (χ4n) is 3.36. The maximum Gasteiger partial charge on any atom is 0.181 e. The van der Waals surface area contributed by atoms with E-state index in [4.69, 9.17) is 0 Å². The molecule has 4 aromatic carbocycles. The summed E-state index contributed by atoms with van der Waals surface area (Å²) in [5, 5.41) is 4.02. The van der Waals surface area contributed by atoms with E-state index in [1.807, 2.05) is 0 Å². The van der Waals surface area contributed by atoms with E-state index in [9.17, 15) is 0 Å². The average molecular weight is 432 g/mol. The molecule has 27 heavy (non-hydrogen) atoms. The third-order valence-electron chi connectivity index (χ3n) is 4.77. The molecule has 0 heterocycles. The van der Waals surface area contributed by atoms with Crippen molar-refractivity contribution in [2.45, 2.75) is 6.42 Å². The molecule has 0 aliphatic carbocycles. The van der Waals surface area contributed by atoms with Crippen LogP contribution in [0.15, 0.2) is 115 Å². The summed E-state index contributed by atoms with van der Waals surface area (Å²) < 4.78 is 0. The van der Waals surface area contributed by atoms with Crippen molar-refractivity contribution in [3.05, 3.63) is 126 Å². The first-order valence-corrected chi connectivity index (χ1v) is 12.9. The molecule has 0 bridgehead atoms. The molecule has 0 fully saturated rings. The van der Waals surface area contributed by atoms with Crippen molar-refractivity contribution in [1.82, 2.24) is 0 Å². The van der Waals surface area contributed by atoms with E-state index in [2.05, 4.69) is 131 Å². The second kappa shape index (κ2) is 8.21. The van der Waals surface area contributed by atoms with Gasteiger partial charge in [0.2, 0.25) is 0 Å². The van der Waals surface area contributed by atoms with Crippen LogP contribution in [0.25, 0.3) is 0 Å². The third kappa shape index (κ3) is 3.90. The van der Waals surface area contributed by atoms with Gasteiger partial charge in [0.05, 0.1) is 0 Å². The van der Waals surface area contributed by atoms with E-state index >= 15 is 0 Å². The van der Waals surface area contributed by atoms with Gasteiger partial charge in [0.15, 0.2) is 21.5 Å². The standard InChI is InChI=1S/C25H21BrP/c26-27(23-12-6-2-7-13-23,24-14-8-3-9-15-24)25-18-16-22(17-19-25)20-21-10-4-1-5-11-21/h1-19H,20H2/q+1. The van der Waals surface area contributed by atoms with Crippen molar-refractivity contribution in [2.75, 3.05) is 0 Å². The highest BCUT2D eigenvalue weighted by Gasteiger charge is 2.43. The van der Waals surface area contributed by atoms with Gasteiger partial charge in [-0.3, -0.25) is 0 Å². The summed E-state index contributed by atoms with van der Waals surface area (Å²) in [6, 6.07) is 41.3. The van der Waals surface area contributed by atoms with E-state index in [1.165, 1.54) is 27.0 Å². The van der Waals surface area contributed by atoms with Crippen molar-refractivity contribution >= 4 is 37.4 Å². The summed E-state index contributed by atoms with van der Waals surface area (Å²) >= 11 is 4.21. The van der Waals surface area contributed by atoms with Gasteiger partial charge < -0.3 is 0 Å². The Balaban J connectivity index is 1.73. The summed E-state index contributed by atoms with van der Waals surface area (Å²) in [5.74, 6) is -1.82. The molecule has 4 aromatic rings. The second-order valence-corrected chi connectivity index (χ2v) is 12.5. The maximum absolute atomic E-state index is 4.21. The zero-order valence-electron chi connectivity index (χ0n) is 15.0. The molecule has 0 unspecified atom stereocenters. The van der Waals surface area contributed by atoms with Crippen molar-refractivity contribution in [1.29, 1.82) is 0 Å². The summed E-state index contributed by atoms with van der Waals surface area (Å²) in [7, 11) is 0. The van der Waals surface area contributed by atoms with E-state index in [1.54, 1.807) is 0 Å². The van der Waals surface area contributed by atoms with Crippen molar-refractivity contribution < 1.29 is 0 Å². The summed E-state index contributed by atoms with van der Waals surface area (Å²) in [5.41, 5.74) is 2.68. The van der Waals surface area contributed by atoms with E-state index in [0.29, 0.717) is 0 Å². The molecule has 0 aliphatic rings. The molecular formula is C25H21BrP+. The molecule has 0 nitrogen and oxygen atoms in total. The molecule has 0 radical (unpaired) electrons. The van der Waals surface area contributed by atoms with Gasteiger partial charge in [-0.1, -0.05) is 78.9 Å². The van der Waals surface area contributed by atoms with E-state index in [-0.39, 0.29) is 0 Å². The van der Waals surface area contributed by atoms with Gasteiger partial charge in [-0.15, -0.1) is 0 Å². The predicted octanol–water partition coefficient (Wildman–Crippen LogP) is 5.88. The number of halogens is 1. The van der Waals surface area contributed by atoms with Crippen LogP contribution in [0.4, 0.5) is 0 Å². The Hall–Kier alpha value is -2.21. The Morgan fingerprint density at radius 2 is 0.815 bits per heavy atom. The predicted molar refractivity (Wildman–Crippen MR) is 123 cm³/mol. The van der Waals surface area contributed by atoms with Crippen molar-refractivity contribution in [3.63, 3.8) is 0 Å². The molecule has 0 saturated carbocycles. The smallest absolute Gasteiger partial charge is 0.0622 e. The molecule has 0 aliphatic heterocycles. The van der Waals surface area contributed by atoms with Crippen LogP contribution in [0.2, 0.25) is 0 Å². The lowest BCUT2D eigenvalue weighted by atomic mass is 10.1. The monoisotopic (exact) mass is 431 g/mol. The first-order valence-electron chi connectivity index (χ1n) is 9.10. The topological polar surface area (TPSA) is 0 Å². The fraction of sp³-hybridized carbons (Fsp3) is 0.0400. The quantitative estimate of drug-likeness (QED) is 0.346. The van der Waals surface area contributed by atoms with Crippen LogP contribution in [-0.2, 0) is 6.42 Å². The van der Waals surface area contributed by atoms with Crippen molar-refractivity contribution in [3.8, 4) is 0 Å². The van der Waals surface area contributed by atoms with Crippen LogP contribution in [0, 0.1) is 0 Å². The van der Waals surface area contributed by atoms with Gasteiger partial charge in [0.1, 0.15) is 15.9 Å². The first-order chi connectivity index (χ1) is 13.3. The van der Waals surface area contributed by atoms with Crippen molar-refractivity contribution in [2.24, 2.45) is 0 Å². The van der Waals surface area contributed by atoms with E-state index < -0.39 is 5.96 Å². The zero-order chi connectivity index (χ0) is 18.5. The lowest BCUT2D eigenvalue weighted by Crippen LogP contribution is -2.26. The zero-order valence-corrected chi connectivity index (χ0v) is 17.5. The molecule has 0 spiro atoms. The maximum atomic E-state index is 4.21. The second-order valence-electron chi connectivity index (χ2n) is 6.59. The highest BCUT2D eigenvalue weighted by Crippen LogP contribution is 2.62. The third-order valence-corrected chi connectivity index (χ3v) is 11.5. The Morgan fingerprint density at radius 3 is 1.30 bits per heavy atom. The van der Waals surface area contributed by atoms with Crippen LogP contribution >= 0.6 is 21.5 Å². The molecule has 0 N–H and O–H groups in total. The normalized spacial score (nSPS) is 11.3. The molecule has 0 atom stereocenters. The number of rotatable bonds is 5. The van der Waals surface area contributed by atoms with Gasteiger partial charge >= 0.3 is 0 Å². The van der Waals surface area contributed by atoms with E-state index in [0.717, 1.165) is 6.42 Å². The summed E-state index contributed by atoms with van der Waals surface area (Å²) in [6.45, 7) is 0. The Labute approximate surface area is 170 Å². The lowest BCUT2D eigenvalue weighted by Gasteiger charge is -2.20. The van der Waals surface area contributed by atoms with Gasteiger partial charge in [0, 0.05) is 0 Å². The average Bonchev–Trinajstić information content (AvgIpc) is 2.76. The van der Waals surface area contributed by atoms with Crippen LogP contribution in [-0.4, -0.2) is 0 Å². The largest absolute Gasteiger partial charge is 0.181 e. The highest BCUT2D eigenvalue weighted by molar-refractivity contribution is 9.44. The van der Waals surface area contributed by atoms with Gasteiger partial charge in [0.25, 0.3) is 0 Å². The molecule has 4 rings (SSSR count). The minimum Gasteiger partial charge on any atom is -0.0622 e. The van der Waals surface area contributed by atoms with Gasteiger partial charge in [-0.2, -0.15) is 0 Å². The molecule has 0 aromatic heterocycles. The molecular weight excluding hydrogens is 411 g/mol. The van der Waals surface area contributed by atoms with Crippen LogP contribution in [0.5, 0.6) is 0 Å². The first kappa shape index (κ1) is 18.2. The van der Waals surface area contributed by atoms with Gasteiger partial charge in [-0.05, 0) is 53.9 Å². The number of hydrogen-bond acceptors (Lipinski definition) is 0. The Bertz CT molecular complexity index is 941. The summed E-state index contributed by atoms with van der Waals surface area (Å²) in [6.07, 6.45) is 0.964. The molecule has 132 valence electrons. The summed E-state index contributed by atoms with van der Waals surface area (Å²) in [4.78, 5) is 0. The number of hydrogen-bond donors (Lipinski definition) is 0. The molecule has 2 heteroatoms. The minimum atomic E-state index is -1.82. The SMILES string of the molecule is Br[P+](c1ccccc1)(c1ccccc1)c1ccc(Cc2ccccc2)cc1. The Morgan fingerprint density at radius 1 is 0.444 bits per heavy atom. The molecule has 0 amide bonds. The van der Waals surface area contributed by atoms with Crippen LogP contribution < -0.4 is 15.9 Å². The van der Waals surface area contributed by atoms with Gasteiger partial charge in [-0.25, -0.2) is 0 Å². The number of benzene rings is 4. The Kier molecular flexibility index (Phi) is 5.53. The minimum absolute atomic E-state index is 0.964.